The molecule has 1 aliphatic rings. The second-order valence-corrected chi connectivity index (χ2v) is 5.25. The van der Waals surface area contributed by atoms with Gasteiger partial charge in [0.2, 0.25) is 0 Å². The molecular formula is C14H18F2N2O2. The van der Waals surface area contributed by atoms with Crippen LogP contribution in [0.4, 0.5) is 14.5 Å². The number of carboxylic acids is 1. The fourth-order valence-corrected chi connectivity index (χ4v) is 2.67. The SMILES string of the molecule is CN(CC1CCCN1C)c1c(F)cc(C(=O)O)cc1F. The third-order valence-corrected chi connectivity index (χ3v) is 3.80. The Morgan fingerprint density at radius 3 is 2.50 bits per heavy atom. The zero-order valence-electron chi connectivity index (χ0n) is 11.6. The fourth-order valence-electron chi connectivity index (χ4n) is 2.67. The predicted molar refractivity (Wildman–Crippen MR) is 72.2 cm³/mol. The Morgan fingerprint density at radius 2 is 2.05 bits per heavy atom. The van der Waals surface area contributed by atoms with Crippen LogP contribution in [-0.2, 0) is 0 Å². The second kappa shape index (κ2) is 5.75. The molecule has 1 atom stereocenters. The number of benzene rings is 1. The number of anilines is 1. The fraction of sp³-hybridized carbons (Fsp3) is 0.500. The number of hydrogen-bond donors (Lipinski definition) is 1. The summed E-state index contributed by atoms with van der Waals surface area (Å²) in [7, 11) is 3.61. The van der Waals surface area contributed by atoms with E-state index < -0.39 is 17.6 Å². The molecule has 0 aromatic heterocycles. The van der Waals surface area contributed by atoms with Crippen molar-refractivity contribution in [3.05, 3.63) is 29.3 Å². The molecule has 0 spiro atoms. The predicted octanol–water partition coefficient (Wildman–Crippen LogP) is 2.19. The topological polar surface area (TPSA) is 43.8 Å². The molecule has 1 unspecified atom stereocenters. The maximum absolute atomic E-state index is 13.9. The minimum absolute atomic E-state index is 0.171. The third-order valence-electron chi connectivity index (χ3n) is 3.80. The molecule has 4 nitrogen and oxygen atoms in total. The highest BCUT2D eigenvalue weighted by Crippen LogP contribution is 2.26. The minimum atomic E-state index is -1.34. The van der Waals surface area contributed by atoms with Crippen molar-refractivity contribution in [1.82, 2.24) is 4.90 Å². The molecule has 0 aliphatic carbocycles. The van der Waals surface area contributed by atoms with Gasteiger partial charge in [0.15, 0.2) is 0 Å². The Balaban J connectivity index is 2.21. The molecule has 2 rings (SSSR count). The number of nitrogens with zero attached hydrogens (tertiary/aromatic N) is 2. The molecule has 20 heavy (non-hydrogen) atoms. The van der Waals surface area contributed by atoms with Crippen molar-refractivity contribution in [3.8, 4) is 0 Å². The van der Waals surface area contributed by atoms with Gasteiger partial charge in [-0.25, -0.2) is 13.6 Å². The summed E-state index contributed by atoms with van der Waals surface area (Å²) in [5.74, 6) is -3.02. The summed E-state index contributed by atoms with van der Waals surface area (Å²) in [6.45, 7) is 1.50. The van der Waals surface area contributed by atoms with Gasteiger partial charge in [0, 0.05) is 19.6 Å². The summed E-state index contributed by atoms with van der Waals surface area (Å²) < 4.78 is 27.9. The normalized spacial score (nSPS) is 19.3. The Morgan fingerprint density at radius 1 is 1.45 bits per heavy atom. The highest BCUT2D eigenvalue weighted by atomic mass is 19.1. The first-order chi connectivity index (χ1) is 9.40. The molecule has 1 saturated heterocycles. The van der Waals surface area contributed by atoms with E-state index in [4.69, 9.17) is 5.11 Å². The van der Waals surface area contributed by atoms with Gasteiger partial charge in [0.1, 0.15) is 17.3 Å². The number of carbonyl (C=O) groups is 1. The van der Waals surface area contributed by atoms with Crippen LogP contribution in [-0.4, -0.2) is 49.2 Å². The molecule has 1 aliphatic heterocycles. The Bertz CT molecular complexity index is 499. The molecule has 1 N–H and O–H groups in total. The molecule has 1 fully saturated rings. The van der Waals surface area contributed by atoms with E-state index in [1.165, 1.54) is 4.90 Å². The van der Waals surface area contributed by atoms with Crippen LogP contribution < -0.4 is 4.90 Å². The van der Waals surface area contributed by atoms with Crippen molar-refractivity contribution in [2.24, 2.45) is 0 Å². The molecule has 0 bridgehead atoms. The van der Waals surface area contributed by atoms with Crippen molar-refractivity contribution < 1.29 is 18.7 Å². The molecule has 1 aromatic rings. The Labute approximate surface area is 116 Å². The summed E-state index contributed by atoms with van der Waals surface area (Å²) in [5, 5.41) is 8.77. The number of halogens is 2. The van der Waals surface area contributed by atoms with E-state index in [1.807, 2.05) is 7.05 Å². The van der Waals surface area contributed by atoms with Crippen LogP contribution in [0.15, 0.2) is 12.1 Å². The van der Waals surface area contributed by atoms with Crippen LogP contribution in [0.25, 0.3) is 0 Å². The number of likely N-dealkylation sites (tertiary alicyclic amines) is 1. The number of rotatable bonds is 4. The van der Waals surface area contributed by atoms with Crippen molar-refractivity contribution in [2.75, 3.05) is 32.1 Å². The maximum Gasteiger partial charge on any atom is 0.335 e. The van der Waals surface area contributed by atoms with Crippen LogP contribution >= 0.6 is 0 Å². The third kappa shape index (κ3) is 2.90. The number of aromatic carboxylic acids is 1. The summed E-state index contributed by atoms with van der Waals surface area (Å²) in [4.78, 5) is 14.4. The van der Waals surface area contributed by atoms with E-state index in [1.54, 1.807) is 7.05 Å². The summed E-state index contributed by atoms with van der Waals surface area (Å²) >= 11 is 0. The summed E-state index contributed by atoms with van der Waals surface area (Å²) in [6.07, 6.45) is 2.08. The van der Waals surface area contributed by atoms with Gasteiger partial charge in [-0.3, -0.25) is 0 Å². The second-order valence-electron chi connectivity index (χ2n) is 5.25. The highest BCUT2D eigenvalue weighted by molar-refractivity contribution is 5.88. The van der Waals surface area contributed by atoms with Gasteiger partial charge in [0.25, 0.3) is 0 Å². The molecule has 0 amide bonds. The molecule has 110 valence electrons. The average molecular weight is 284 g/mol. The number of hydrogen-bond acceptors (Lipinski definition) is 3. The first kappa shape index (κ1) is 14.7. The molecular weight excluding hydrogens is 266 g/mol. The van der Waals surface area contributed by atoms with Gasteiger partial charge < -0.3 is 14.9 Å². The summed E-state index contributed by atoms with van der Waals surface area (Å²) in [6, 6.07) is 1.98. The molecule has 1 aromatic carbocycles. The van der Waals surface area contributed by atoms with Gasteiger partial charge in [-0.15, -0.1) is 0 Å². The first-order valence-electron chi connectivity index (χ1n) is 6.54. The van der Waals surface area contributed by atoms with E-state index in [0.717, 1.165) is 31.5 Å². The van der Waals surface area contributed by atoms with Crippen LogP contribution in [0.1, 0.15) is 23.2 Å². The lowest BCUT2D eigenvalue weighted by molar-refractivity contribution is 0.0695. The van der Waals surface area contributed by atoms with Gasteiger partial charge in [-0.1, -0.05) is 0 Å². The molecule has 6 heteroatoms. The van der Waals surface area contributed by atoms with Crippen molar-refractivity contribution in [1.29, 1.82) is 0 Å². The average Bonchev–Trinajstić information content (AvgIpc) is 2.74. The van der Waals surface area contributed by atoms with E-state index in [-0.39, 0.29) is 17.3 Å². The first-order valence-corrected chi connectivity index (χ1v) is 6.54. The van der Waals surface area contributed by atoms with Gasteiger partial charge in [-0.05, 0) is 38.6 Å². The van der Waals surface area contributed by atoms with Crippen LogP contribution in [0.3, 0.4) is 0 Å². The van der Waals surface area contributed by atoms with E-state index in [2.05, 4.69) is 4.90 Å². The van der Waals surface area contributed by atoms with Gasteiger partial charge in [0.05, 0.1) is 5.56 Å². The highest BCUT2D eigenvalue weighted by Gasteiger charge is 2.25. The Kier molecular flexibility index (Phi) is 4.23. The lowest BCUT2D eigenvalue weighted by Crippen LogP contribution is -2.37. The smallest absolute Gasteiger partial charge is 0.335 e. The van der Waals surface area contributed by atoms with Crippen LogP contribution in [0.2, 0.25) is 0 Å². The standard InChI is InChI=1S/C14H18F2N2O2/c1-17-5-3-4-10(17)8-18(2)13-11(15)6-9(14(19)20)7-12(13)16/h6-7,10H,3-5,8H2,1-2H3,(H,19,20). The van der Waals surface area contributed by atoms with Crippen LogP contribution in [0.5, 0.6) is 0 Å². The van der Waals surface area contributed by atoms with E-state index in [9.17, 15) is 13.6 Å². The van der Waals surface area contributed by atoms with E-state index >= 15 is 0 Å². The van der Waals surface area contributed by atoms with Gasteiger partial charge in [-0.2, -0.15) is 0 Å². The minimum Gasteiger partial charge on any atom is -0.478 e. The number of carboxylic acid groups (broad SMARTS) is 1. The van der Waals surface area contributed by atoms with E-state index in [0.29, 0.717) is 6.54 Å². The number of likely N-dealkylation sites (N-methyl/N-ethyl adjacent to an activating group) is 2. The molecule has 0 radical (unpaired) electrons. The lowest BCUT2D eigenvalue weighted by atomic mass is 10.1. The van der Waals surface area contributed by atoms with Crippen molar-refractivity contribution in [3.63, 3.8) is 0 Å². The van der Waals surface area contributed by atoms with Crippen molar-refractivity contribution in [2.45, 2.75) is 18.9 Å². The maximum atomic E-state index is 13.9. The monoisotopic (exact) mass is 284 g/mol. The zero-order valence-corrected chi connectivity index (χ0v) is 11.6. The largest absolute Gasteiger partial charge is 0.478 e. The zero-order chi connectivity index (χ0) is 14.9. The quantitative estimate of drug-likeness (QED) is 0.920. The van der Waals surface area contributed by atoms with Crippen LogP contribution in [0, 0.1) is 11.6 Å². The summed E-state index contributed by atoms with van der Waals surface area (Å²) in [5.41, 5.74) is -0.551. The Hall–Kier alpha value is -1.69. The molecule has 0 saturated carbocycles. The van der Waals surface area contributed by atoms with Crippen molar-refractivity contribution >= 4 is 11.7 Å². The van der Waals surface area contributed by atoms with Gasteiger partial charge >= 0.3 is 5.97 Å². The lowest BCUT2D eigenvalue weighted by Gasteiger charge is -2.27. The molecule has 1 heterocycles.